The summed E-state index contributed by atoms with van der Waals surface area (Å²) < 4.78 is 0. The Hall–Kier alpha value is -0.120. The minimum atomic E-state index is 0.774. The predicted molar refractivity (Wildman–Crippen MR) is 85.1 cm³/mol. The van der Waals surface area contributed by atoms with Crippen LogP contribution in [0.25, 0.3) is 0 Å². The molecule has 3 heteroatoms. The fourth-order valence-corrected chi connectivity index (χ4v) is 4.59. The van der Waals surface area contributed by atoms with Gasteiger partial charge in [-0.1, -0.05) is 6.42 Å². The van der Waals surface area contributed by atoms with E-state index in [4.69, 9.17) is 0 Å². The lowest BCUT2D eigenvalue weighted by molar-refractivity contribution is 0.0872. The van der Waals surface area contributed by atoms with Crippen LogP contribution < -0.4 is 5.32 Å². The molecule has 3 aliphatic rings. The van der Waals surface area contributed by atoms with Crippen LogP contribution in [0.15, 0.2) is 0 Å². The Bertz CT molecular complexity index is 280. The first kappa shape index (κ1) is 14.8. The molecule has 0 aromatic rings. The van der Waals surface area contributed by atoms with Crippen molar-refractivity contribution in [2.75, 3.05) is 39.8 Å². The molecule has 2 heterocycles. The lowest BCUT2D eigenvalue weighted by Crippen LogP contribution is -2.47. The molecule has 0 spiro atoms. The standard InChI is InChI=1S/C17H33N3/c1-18-16-5-4-6-17(13-16)20-11-7-15(8-12-20)14-19-9-2-3-10-19/h15-18H,2-14H2,1H3. The van der Waals surface area contributed by atoms with Gasteiger partial charge in [-0.25, -0.2) is 0 Å². The van der Waals surface area contributed by atoms with Crippen molar-refractivity contribution >= 4 is 0 Å². The molecule has 2 aliphatic heterocycles. The van der Waals surface area contributed by atoms with Crippen LogP contribution >= 0.6 is 0 Å². The Morgan fingerprint density at radius 1 is 0.900 bits per heavy atom. The zero-order valence-electron chi connectivity index (χ0n) is 13.3. The number of rotatable bonds is 4. The van der Waals surface area contributed by atoms with Gasteiger partial charge < -0.3 is 15.1 Å². The second-order valence-corrected chi connectivity index (χ2v) is 7.29. The Balaban J connectivity index is 1.41. The molecule has 0 aromatic heterocycles. The maximum Gasteiger partial charge on any atom is 0.0110 e. The lowest BCUT2D eigenvalue weighted by Gasteiger charge is -2.41. The molecule has 0 bridgehead atoms. The van der Waals surface area contributed by atoms with Gasteiger partial charge in [0.1, 0.15) is 0 Å². The number of hydrogen-bond donors (Lipinski definition) is 1. The number of piperidine rings is 1. The van der Waals surface area contributed by atoms with Crippen LogP contribution in [0.1, 0.15) is 51.4 Å². The van der Waals surface area contributed by atoms with E-state index in [-0.39, 0.29) is 0 Å². The molecule has 2 saturated heterocycles. The average molecular weight is 279 g/mol. The summed E-state index contributed by atoms with van der Waals surface area (Å²) in [5, 5.41) is 3.50. The second kappa shape index (κ2) is 7.24. The molecule has 1 N–H and O–H groups in total. The van der Waals surface area contributed by atoms with Crippen molar-refractivity contribution in [3.63, 3.8) is 0 Å². The maximum absolute atomic E-state index is 3.50. The minimum Gasteiger partial charge on any atom is -0.317 e. The largest absolute Gasteiger partial charge is 0.317 e. The lowest BCUT2D eigenvalue weighted by atomic mass is 9.87. The van der Waals surface area contributed by atoms with Gasteiger partial charge in [0, 0.05) is 18.6 Å². The van der Waals surface area contributed by atoms with E-state index in [0.29, 0.717) is 0 Å². The Labute approximate surface area is 125 Å². The fourth-order valence-electron chi connectivity index (χ4n) is 4.59. The van der Waals surface area contributed by atoms with Crippen LogP contribution in [0.4, 0.5) is 0 Å². The van der Waals surface area contributed by atoms with E-state index in [1.165, 1.54) is 84.1 Å². The van der Waals surface area contributed by atoms with Gasteiger partial charge in [0.15, 0.2) is 0 Å². The molecular weight excluding hydrogens is 246 g/mol. The van der Waals surface area contributed by atoms with Crippen LogP contribution in [0, 0.1) is 5.92 Å². The van der Waals surface area contributed by atoms with Crippen molar-refractivity contribution in [1.82, 2.24) is 15.1 Å². The van der Waals surface area contributed by atoms with Crippen molar-refractivity contribution in [1.29, 1.82) is 0 Å². The fraction of sp³-hybridized carbons (Fsp3) is 1.00. The summed E-state index contributed by atoms with van der Waals surface area (Å²) >= 11 is 0. The van der Waals surface area contributed by atoms with Gasteiger partial charge in [0.2, 0.25) is 0 Å². The third kappa shape index (κ3) is 3.75. The molecule has 3 fully saturated rings. The van der Waals surface area contributed by atoms with E-state index >= 15 is 0 Å². The van der Waals surface area contributed by atoms with Gasteiger partial charge in [-0.05, 0) is 84.1 Å². The van der Waals surface area contributed by atoms with Crippen molar-refractivity contribution in [3.05, 3.63) is 0 Å². The maximum atomic E-state index is 3.50. The zero-order valence-corrected chi connectivity index (χ0v) is 13.3. The summed E-state index contributed by atoms with van der Waals surface area (Å²) in [6.07, 6.45) is 11.4. The van der Waals surface area contributed by atoms with E-state index < -0.39 is 0 Å². The molecule has 3 rings (SSSR count). The van der Waals surface area contributed by atoms with E-state index in [1.54, 1.807) is 0 Å². The first-order valence-corrected chi connectivity index (χ1v) is 8.99. The quantitative estimate of drug-likeness (QED) is 0.852. The average Bonchev–Trinajstić information content (AvgIpc) is 3.01. The van der Waals surface area contributed by atoms with Crippen LogP contribution in [-0.4, -0.2) is 61.7 Å². The van der Waals surface area contributed by atoms with Crippen LogP contribution in [0.5, 0.6) is 0 Å². The SMILES string of the molecule is CNC1CCCC(N2CCC(CN3CCCC3)CC2)C1. The van der Waals surface area contributed by atoms with Crippen molar-refractivity contribution < 1.29 is 0 Å². The molecule has 20 heavy (non-hydrogen) atoms. The minimum absolute atomic E-state index is 0.774. The van der Waals surface area contributed by atoms with Crippen LogP contribution in [0.3, 0.4) is 0 Å². The van der Waals surface area contributed by atoms with Crippen LogP contribution in [0.2, 0.25) is 0 Å². The van der Waals surface area contributed by atoms with Gasteiger partial charge >= 0.3 is 0 Å². The van der Waals surface area contributed by atoms with Gasteiger partial charge in [0.05, 0.1) is 0 Å². The summed E-state index contributed by atoms with van der Waals surface area (Å²) in [7, 11) is 2.13. The first-order valence-electron chi connectivity index (χ1n) is 8.99. The second-order valence-electron chi connectivity index (χ2n) is 7.29. The summed E-state index contributed by atoms with van der Waals surface area (Å²) in [6.45, 7) is 6.84. The van der Waals surface area contributed by atoms with Gasteiger partial charge in [-0.3, -0.25) is 0 Å². The third-order valence-corrected chi connectivity index (χ3v) is 5.94. The molecular formula is C17H33N3. The molecule has 3 nitrogen and oxygen atoms in total. The van der Waals surface area contributed by atoms with Crippen molar-refractivity contribution in [3.8, 4) is 0 Å². The highest BCUT2D eigenvalue weighted by Crippen LogP contribution is 2.28. The van der Waals surface area contributed by atoms with Gasteiger partial charge in [-0.2, -0.15) is 0 Å². The van der Waals surface area contributed by atoms with E-state index in [0.717, 1.165) is 18.0 Å². The molecule has 1 saturated carbocycles. The Morgan fingerprint density at radius 3 is 2.35 bits per heavy atom. The van der Waals surface area contributed by atoms with Crippen molar-refractivity contribution in [2.45, 2.75) is 63.5 Å². The molecule has 0 radical (unpaired) electrons. The summed E-state index contributed by atoms with van der Waals surface area (Å²) in [4.78, 5) is 5.52. The topological polar surface area (TPSA) is 18.5 Å². The highest BCUT2D eigenvalue weighted by molar-refractivity contribution is 4.86. The van der Waals surface area contributed by atoms with Crippen LogP contribution in [-0.2, 0) is 0 Å². The number of hydrogen-bond acceptors (Lipinski definition) is 3. The van der Waals surface area contributed by atoms with E-state index in [9.17, 15) is 0 Å². The molecule has 116 valence electrons. The molecule has 0 amide bonds. The smallest absolute Gasteiger partial charge is 0.0110 e. The van der Waals surface area contributed by atoms with E-state index in [1.807, 2.05) is 0 Å². The number of nitrogens with one attached hydrogen (secondary N) is 1. The summed E-state index contributed by atoms with van der Waals surface area (Å²) in [5.74, 6) is 0.980. The highest BCUT2D eigenvalue weighted by Gasteiger charge is 2.29. The Morgan fingerprint density at radius 2 is 1.65 bits per heavy atom. The molecule has 1 aliphatic carbocycles. The third-order valence-electron chi connectivity index (χ3n) is 5.94. The van der Waals surface area contributed by atoms with Gasteiger partial charge in [0.25, 0.3) is 0 Å². The number of likely N-dealkylation sites (tertiary alicyclic amines) is 2. The molecule has 2 atom stereocenters. The Kier molecular flexibility index (Phi) is 5.36. The van der Waals surface area contributed by atoms with Gasteiger partial charge in [-0.15, -0.1) is 0 Å². The number of nitrogens with zero attached hydrogens (tertiary/aromatic N) is 2. The zero-order chi connectivity index (χ0) is 13.8. The highest BCUT2D eigenvalue weighted by atomic mass is 15.2. The first-order chi connectivity index (χ1) is 9.85. The summed E-state index contributed by atoms with van der Waals surface area (Å²) in [6, 6.07) is 1.64. The molecule has 2 unspecified atom stereocenters. The molecule has 0 aromatic carbocycles. The predicted octanol–water partition coefficient (Wildman–Crippen LogP) is 2.32. The monoisotopic (exact) mass is 279 g/mol. The normalized spacial score (nSPS) is 34.6. The van der Waals surface area contributed by atoms with E-state index in [2.05, 4.69) is 22.2 Å². The van der Waals surface area contributed by atoms with Crippen molar-refractivity contribution in [2.24, 2.45) is 5.92 Å². The summed E-state index contributed by atoms with van der Waals surface area (Å²) in [5.41, 5.74) is 0.